The van der Waals surface area contributed by atoms with Gasteiger partial charge in [-0.05, 0) is 57.7 Å². The fraction of sp³-hybridized carbons (Fsp3) is 0.200. The standard InChI is InChI=1S/C15H13BrClFO/c1-9-8-10(19-2)6-7-11(9)15(17)12-4-3-5-13(18)14(12)16/h3-8,15H,1-2H3. The Hall–Kier alpha value is -1.06. The van der Waals surface area contributed by atoms with Gasteiger partial charge in [-0.3, -0.25) is 0 Å². The first-order valence-electron chi connectivity index (χ1n) is 5.77. The number of rotatable bonds is 3. The minimum absolute atomic E-state index is 0.311. The molecule has 2 aromatic carbocycles. The molecular weight excluding hydrogens is 331 g/mol. The highest BCUT2D eigenvalue weighted by atomic mass is 79.9. The summed E-state index contributed by atoms with van der Waals surface area (Å²) in [6.45, 7) is 1.96. The Bertz CT molecular complexity index is 601. The van der Waals surface area contributed by atoms with Crippen molar-refractivity contribution in [2.75, 3.05) is 7.11 Å². The number of hydrogen-bond donors (Lipinski definition) is 0. The number of ether oxygens (including phenoxy) is 1. The van der Waals surface area contributed by atoms with Crippen molar-refractivity contribution in [3.05, 3.63) is 63.4 Å². The monoisotopic (exact) mass is 342 g/mol. The second-order valence-corrected chi connectivity index (χ2v) is 5.46. The van der Waals surface area contributed by atoms with Crippen LogP contribution in [0.3, 0.4) is 0 Å². The summed E-state index contributed by atoms with van der Waals surface area (Å²) < 4.78 is 19.1. The summed E-state index contributed by atoms with van der Waals surface area (Å²) in [6.07, 6.45) is 0. The zero-order valence-corrected chi connectivity index (χ0v) is 12.9. The average Bonchev–Trinajstić information content (AvgIpc) is 2.41. The second-order valence-electron chi connectivity index (χ2n) is 4.23. The lowest BCUT2D eigenvalue weighted by molar-refractivity contribution is 0.414. The van der Waals surface area contributed by atoms with E-state index in [1.54, 1.807) is 13.2 Å². The minimum atomic E-state index is -0.406. The second kappa shape index (κ2) is 5.93. The van der Waals surface area contributed by atoms with Gasteiger partial charge in [0.05, 0.1) is 17.0 Å². The van der Waals surface area contributed by atoms with Crippen LogP contribution in [0.1, 0.15) is 22.1 Å². The Kier molecular flexibility index (Phi) is 4.48. The number of aryl methyl sites for hydroxylation is 1. The maximum Gasteiger partial charge on any atom is 0.137 e. The largest absolute Gasteiger partial charge is 0.497 e. The molecule has 100 valence electrons. The molecule has 0 bridgehead atoms. The van der Waals surface area contributed by atoms with Crippen LogP contribution in [-0.2, 0) is 0 Å². The van der Waals surface area contributed by atoms with Crippen LogP contribution in [0.15, 0.2) is 40.9 Å². The fourth-order valence-electron chi connectivity index (χ4n) is 1.94. The number of methoxy groups -OCH3 is 1. The molecule has 0 saturated carbocycles. The molecule has 0 heterocycles. The topological polar surface area (TPSA) is 9.23 Å². The Labute approximate surface area is 125 Å². The van der Waals surface area contributed by atoms with Crippen molar-refractivity contribution in [3.8, 4) is 5.75 Å². The molecule has 0 aliphatic heterocycles. The zero-order valence-electron chi connectivity index (χ0n) is 10.6. The first kappa shape index (κ1) is 14.4. The van der Waals surface area contributed by atoms with Gasteiger partial charge in [0.2, 0.25) is 0 Å². The van der Waals surface area contributed by atoms with Crippen molar-refractivity contribution >= 4 is 27.5 Å². The highest BCUT2D eigenvalue weighted by Gasteiger charge is 2.18. The first-order chi connectivity index (χ1) is 9.04. The molecule has 2 rings (SSSR count). The van der Waals surface area contributed by atoms with Gasteiger partial charge in [-0.2, -0.15) is 0 Å². The van der Waals surface area contributed by atoms with Crippen LogP contribution in [-0.4, -0.2) is 7.11 Å². The number of alkyl halides is 1. The van der Waals surface area contributed by atoms with E-state index < -0.39 is 5.38 Å². The van der Waals surface area contributed by atoms with Gasteiger partial charge in [0, 0.05) is 0 Å². The maximum atomic E-state index is 13.5. The summed E-state index contributed by atoms with van der Waals surface area (Å²) >= 11 is 9.72. The van der Waals surface area contributed by atoms with Crippen LogP contribution >= 0.6 is 27.5 Å². The molecule has 2 aromatic rings. The van der Waals surface area contributed by atoms with E-state index in [0.717, 1.165) is 22.4 Å². The van der Waals surface area contributed by atoms with Crippen LogP contribution in [0, 0.1) is 12.7 Å². The van der Waals surface area contributed by atoms with E-state index in [4.69, 9.17) is 16.3 Å². The van der Waals surface area contributed by atoms with Crippen molar-refractivity contribution in [2.45, 2.75) is 12.3 Å². The SMILES string of the molecule is COc1ccc(C(Cl)c2cccc(F)c2Br)c(C)c1. The first-order valence-corrected chi connectivity index (χ1v) is 7.00. The van der Waals surface area contributed by atoms with Gasteiger partial charge in [0.15, 0.2) is 0 Å². The molecule has 0 spiro atoms. The zero-order chi connectivity index (χ0) is 14.0. The summed E-state index contributed by atoms with van der Waals surface area (Å²) in [4.78, 5) is 0. The molecule has 0 fully saturated rings. The molecule has 1 atom stereocenters. The van der Waals surface area contributed by atoms with E-state index in [-0.39, 0.29) is 5.82 Å². The van der Waals surface area contributed by atoms with E-state index in [9.17, 15) is 4.39 Å². The van der Waals surface area contributed by atoms with Crippen molar-refractivity contribution in [1.82, 2.24) is 0 Å². The molecule has 0 N–H and O–H groups in total. The normalized spacial score (nSPS) is 12.3. The molecular formula is C15H13BrClFO. The van der Waals surface area contributed by atoms with Crippen LogP contribution in [0.2, 0.25) is 0 Å². The molecule has 0 saturated heterocycles. The van der Waals surface area contributed by atoms with Crippen molar-refractivity contribution in [3.63, 3.8) is 0 Å². The quantitative estimate of drug-likeness (QED) is 0.693. The molecule has 4 heteroatoms. The third kappa shape index (κ3) is 2.93. The van der Waals surface area contributed by atoms with Gasteiger partial charge in [-0.25, -0.2) is 4.39 Å². The Morgan fingerprint density at radius 2 is 1.95 bits per heavy atom. The summed E-state index contributed by atoms with van der Waals surface area (Å²) in [7, 11) is 1.62. The highest BCUT2D eigenvalue weighted by Crippen LogP contribution is 2.37. The van der Waals surface area contributed by atoms with E-state index in [1.165, 1.54) is 6.07 Å². The van der Waals surface area contributed by atoms with E-state index in [1.807, 2.05) is 31.2 Å². The highest BCUT2D eigenvalue weighted by molar-refractivity contribution is 9.10. The summed E-state index contributed by atoms with van der Waals surface area (Å²) in [5, 5.41) is -0.406. The molecule has 1 unspecified atom stereocenters. The maximum absolute atomic E-state index is 13.5. The predicted molar refractivity (Wildman–Crippen MR) is 79.5 cm³/mol. The molecule has 0 aromatic heterocycles. The molecule has 19 heavy (non-hydrogen) atoms. The Balaban J connectivity index is 2.44. The summed E-state index contributed by atoms with van der Waals surface area (Å²) in [5.41, 5.74) is 2.67. The molecule has 0 amide bonds. The lowest BCUT2D eigenvalue weighted by Gasteiger charge is -2.16. The van der Waals surface area contributed by atoms with Gasteiger partial charge < -0.3 is 4.74 Å². The van der Waals surface area contributed by atoms with Crippen LogP contribution in [0.4, 0.5) is 4.39 Å². The molecule has 0 radical (unpaired) electrons. The third-order valence-electron chi connectivity index (χ3n) is 3.00. The van der Waals surface area contributed by atoms with Gasteiger partial charge in [-0.1, -0.05) is 18.2 Å². The minimum Gasteiger partial charge on any atom is -0.497 e. The van der Waals surface area contributed by atoms with E-state index in [2.05, 4.69) is 15.9 Å². The Morgan fingerprint density at radius 1 is 1.21 bits per heavy atom. The van der Waals surface area contributed by atoms with E-state index in [0.29, 0.717) is 4.47 Å². The number of hydrogen-bond acceptors (Lipinski definition) is 1. The molecule has 0 aliphatic carbocycles. The van der Waals surface area contributed by atoms with Crippen molar-refractivity contribution in [2.24, 2.45) is 0 Å². The van der Waals surface area contributed by atoms with Gasteiger partial charge in [0.1, 0.15) is 11.6 Å². The Morgan fingerprint density at radius 3 is 2.58 bits per heavy atom. The lowest BCUT2D eigenvalue weighted by Crippen LogP contribution is -1.99. The molecule has 1 nitrogen and oxygen atoms in total. The smallest absolute Gasteiger partial charge is 0.137 e. The summed E-state index contributed by atoms with van der Waals surface area (Å²) in [6, 6.07) is 10.5. The van der Waals surface area contributed by atoms with Crippen molar-refractivity contribution < 1.29 is 9.13 Å². The van der Waals surface area contributed by atoms with Crippen LogP contribution < -0.4 is 4.74 Å². The number of benzene rings is 2. The van der Waals surface area contributed by atoms with Gasteiger partial charge in [-0.15, -0.1) is 11.6 Å². The van der Waals surface area contributed by atoms with E-state index >= 15 is 0 Å². The fourth-order valence-corrected chi connectivity index (χ4v) is 3.00. The lowest BCUT2D eigenvalue weighted by atomic mass is 9.99. The van der Waals surface area contributed by atoms with Gasteiger partial charge in [0.25, 0.3) is 0 Å². The summed E-state index contributed by atoms with van der Waals surface area (Å²) in [5.74, 6) is 0.470. The predicted octanol–water partition coefficient (Wildman–Crippen LogP) is 5.23. The van der Waals surface area contributed by atoms with Gasteiger partial charge >= 0.3 is 0 Å². The van der Waals surface area contributed by atoms with Crippen LogP contribution in [0.25, 0.3) is 0 Å². The number of halogens is 3. The molecule has 0 aliphatic rings. The van der Waals surface area contributed by atoms with Crippen molar-refractivity contribution in [1.29, 1.82) is 0 Å². The third-order valence-corrected chi connectivity index (χ3v) is 4.31. The van der Waals surface area contributed by atoms with Crippen LogP contribution in [0.5, 0.6) is 5.75 Å². The average molecular weight is 344 g/mol.